The lowest BCUT2D eigenvalue weighted by atomic mass is 10.2. The zero-order valence-corrected chi connectivity index (χ0v) is 19.9. The van der Waals surface area contributed by atoms with Crippen LogP contribution < -0.4 is 9.47 Å². The molecule has 7 heteroatoms. The Balaban J connectivity index is 1.84. The monoisotopic (exact) mass is 488 g/mol. The number of hydrogen-bond acceptors (Lipinski definition) is 5. The number of carbonyl (C=O) groups excluding carboxylic acids is 1. The molecule has 1 amide bonds. The second kappa shape index (κ2) is 10.2. The van der Waals surface area contributed by atoms with Crippen LogP contribution in [0.4, 0.5) is 5.69 Å². The highest BCUT2D eigenvalue weighted by atomic mass is 79.9. The van der Waals surface area contributed by atoms with Crippen molar-refractivity contribution in [1.29, 1.82) is 0 Å². The van der Waals surface area contributed by atoms with E-state index in [2.05, 4.69) is 27.8 Å². The highest BCUT2D eigenvalue weighted by molar-refractivity contribution is 9.10. The summed E-state index contributed by atoms with van der Waals surface area (Å²) < 4.78 is 12.0. The maximum atomic E-state index is 12.9. The maximum absolute atomic E-state index is 12.9. The van der Waals surface area contributed by atoms with Gasteiger partial charge in [-0.2, -0.15) is 0 Å². The number of likely N-dealkylation sites (N-methyl/N-ethyl adjacent to an activating group) is 1. The molecule has 1 aliphatic rings. The molecule has 0 N–H and O–H groups in total. The molecule has 1 aliphatic heterocycles. The molecule has 0 unspecified atom stereocenters. The molecule has 0 bridgehead atoms. The first-order valence-electron chi connectivity index (χ1n) is 9.85. The summed E-state index contributed by atoms with van der Waals surface area (Å²) in [6.07, 6.45) is 2.98. The Morgan fingerprint density at radius 3 is 2.53 bits per heavy atom. The molecule has 2 aromatic carbocycles. The number of hydrogen-bond donors (Lipinski definition) is 0. The first-order chi connectivity index (χ1) is 14.4. The highest BCUT2D eigenvalue weighted by Crippen LogP contribution is 2.35. The Hall–Kier alpha value is -2.25. The molecule has 1 saturated heterocycles. The van der Waals surface area contributed by atoms with Gasteiger partial charge in [-0.15, -0.1) is 0 Å². The van der Waals surface area contributed by atoms with Gasteiger partial charge in [0.2, 0.25) is 0 Å². The summed E-state index contributed by atoms with van der Waals surface area (Å²) in [5, 5.41) is 0.676. The van der Waals surface area contributed by atoms with Gasteiger partial charge in [-0.05, 0) is 96.0 Å². The number of methoxy groups -OCH3 is 1. The number of aliphatic imine (C=N–C) groups is 1. The van der Waals surface area contributed by atoms with Gasteiger partial charge in [0.25, 0.3) is 5.91 Å². The summed E-state index contributed by atoms with van der Waals surface area (Å²) >= 11 is 4.96. The second-order valence-corrected chi connectivity index (χ2v) is 8.64. The molecule has 0 radical (unpaired) electrons. The summed E-state index contributed by atoms with van der Waals surface area (Å²) in [6.45, 7) is 6.64. The quantitative estimate of drug-likeness (QED) is 0.431. The van der Waals surface area contributed by atoms with E-state index in [1.165, 1.54) is 11.8 Å². The summed E-state index contributed by atoms with van der Waals surface area (Å²) in [7, 11) is 1.63. The van der Waals surface area contributed by atoms with Crippen molar-refractivity contribution in [2.45, 2.75) is 33.3 Å². The van der Waals surface area contributed by atoms with E-state index in [9.17, 15) is 4.79 Å². The van der Waals surface area contributed by atoms with Crippen LogP contribution in [0.15, 0.2) is 56.8 Å². The first kappa shape index (κ1) is 22.4. The van der Waals surface area contributed by atoms with Crippen molar-refractivity contribution in [2.75, 3.05) is 13.7 Å². The Kier molecular flexibility index (Phi) is 7.61. The van der Waals surface area contributed by atoms with Crippen molar-refractivity contribution >= 4 is 50.5 Å². The Morgan fingerprint density at radius 1 is 1.20 bits per heavy atom. The van der Waals surface area contributed by atoms with Gasteiger partial charge < -0.3 is 9.47 Å². The van der Waals surface area contributed by atoms with Gasteiger partial charge in [0, 0.05) is 6.54 Å². The van der Waals surface area contributed by atoms with E-state index >= 15 is 0 Å². The summed E-state index contributed by atoms with van der Waals surface area (Å²) in [5.41, 5.74) is 1.70. The highest BCUT2D eigenvalue weighted by Gasteiger charge is 2.32. The molecule has 5 nitrogen and oxygen atoms in total. The van der Waals surface area contributed by atoms with Crippen molar-refractivity contribution < 1.29 is 14.3 Å². The lowest BCUT2D eigenvalue weighted by Gasteiger charge is -2.14. The van der Waals surface area contributed by atoms with Crippen molar-refractivity contribution in [2.24, 2.45) is 4.99 Å². The van der Waals surface area contributed by atoms with E-state index in [4.69, 9.17) is 9.47 Å². The average molecular weight is 489 g/mol. The van der Waals surface area contributed by atoms with Gasteiger partial charge in [0.1, 0.15) is 11.5 Å². The third kappa shape index (κ3) is 5.26. The fourth-order valence-corrected chi connectivity index (χ4v) is 4.34. The van der Waals surface area contributed by atoms with Gasteiger partial charge >= 0.3 is 0 Å². The molecule has 30 heavy (non-hydrogen) atoms. The number of thioether (sulfide) groups is 1. The molecule has 1 atom stereocenters. The lowest BCUT2D eigenvalue weighted by Crippen LogP contribution is -2.28. The molecule has 158 valence electrons. The standard InChI is InChI=1S/C23H25BrN2O3S/c1-5-15(3)29-20-12-7-16(13-19(20)24)14-21-22(27)26(6-2)23(30-21)25-17-8-10-18(28-4)11-9-17/h7-15H,5-6H2,1-4H3/b21-14+,25-23?/t15-/m0/s1. The number of amidine groups is 1. The van der Waals surface area contributed by atoms with Gasteiger partial charge in [0.05, 0.1) is 28.3 Å². The molecule has 2 aromatic rings. The lowest BCUT2D eigenvalue weighted by molar-refractivity contribution is -0.122. The number of rotatable bonds is 7. The Morgan fingerprint density at radius 2 is 1.93 bits per heavy atom. The van der Waals surface area contributed by atoms with E-state index in [1.54, 1.807) is 12.0 Å². The number of benzene rings is 2. The fourth-order valence-electron chi connectivity index (χ4n) is 2.79. The summed E-state index contributed by atoms with van der Waals surface area (Å²) in [4.78, 5) is 19.9. The maximum Gasteiger partial charge on any atom is 0.266 e. The third-order valence-corrected chi connectivity index (χ3v) is 6.28. The minimum absolute atomic E-state index is 0.0363. The molecule has 1 heterocycles. The van der Waals surface area contributed by atoms with Gasteiger partial charge in [-0.1, -0.05) is 13.0 Å². The summed E-state index contributed by atoms with van der Waals surface area (Å²) in [6, 6.07) is 13.3. The SMILES string of the molecule is CC[C@H](C)Oc1ccc(/C=C2/SC(=Nc3ccc(OC)cc3)N(CC)C2=O)cc1Br. The van der Waals surface area contributed by atoms with Gasteiger partial charge in [-0.3, -0.25) is 9.69 Å². The summed E-state index contributed by atoms with van der Waals surface area (Å²) in [5.74, 6) is 1.54. The predicted molar refractivity (Wildman–Crippen MR) is 128 cm³/mol. The van der Waals surface area contributed by atoms with E-state index in [0.29, 0.717) is 16.6 Å². The second-order valence-electron chi connectivity index (χ2n) is 6.78. The minimum atomic E-state index is -0.0363. The third-order valence-electron chi connectivity index (χ3n) is 4.66. The van der Waals surface area contributed by atoms with Crippen LogP contribution in [0.3, 0.4) is 0 Å². The molecule has 1 fully saturated rings. The van der Waals surface area contributed by atoms with Gasteiger partial charge in [0.15, 0.2) is 5.17 Å². The van der Waals surface area contributed by atoms with E-state index in [0.717, 1.165) is 33.6 Å². The minimum Gasteiger partial charge on any atom is -0.497 e. The van der Waals surface area contributed by atoms with E-state index in [1.807, 2.05) is 62.4 Å². The molecule has 0 aromatic heterocycles. The van der Waals surface area contributed by atoms with E-state index in [-0.39, 0.29) is 12.0 Å². The molecule has 0 spiro atoms. The topological polar surface area (TPSA) is 51.1 Å². The fraction of sp³-hybridized carbons (Fsp3) is 0.304. The number of carbonyl (C=O) groups is 1. The molecule has 3 rings (SSSR count). The van der Waals surface area contributed by atoms with Crippen LogP contribution in [0.1, 0.15) is 32.8 Å². The number of nitrogens with zero attached hydrogens (tertiary/aromatic N) is 2. The Labute approximate surface area is 190 Å². The molecular weight excluding hydrogens is 464 g/mol. The number of halogens is 1. The van der Waals surface area contributed by atoms with Crippen LogP contribution in [0.25, 0.3) is 6.08 Å². The van der Waals surface area contributed by atoms with Crippen LogP contribution >= 0.6 is 27.7 Å². The Bertz CT molecular complexity index is 973. The average Bonchev–Trinajstić information content (AvgIpc) is 3.04. The van der Waals surface area contributed by atoms with Crippen LogP contribution in [0, 0.1) is 0 Å². The first-order valence-corrected chi connectivity index (χ1v) is 11.5. The largest absolute Gasteiger partial charge is 0.497 e. The van der Waals surface area contributed by atoms with Crippen molar-refractivity contribution in [3.8, 4) is 11.5 Å². The van der Waals surface area contributed by atoms with Crippen molar-refractivity contribution in [3.05, 3.63) is 57.4 Å². The van der Waals surface area contributed by atoms with Crippen molar-refractivity contribution in [3.63, 3.8) is 0 Å². The van der Waals surface area contributed by atoms with Crippen LogP contribution in [-0.4, -0.2) is 35.7 Å². The smallest absolute Gasteiger partial charge is 0.266 e. The predicted octanol–water partition coefficient (Wildman–Crippen LogP) is 6.26. The molecule has 0 aliphatic carbocycles. The zero-order chi connectivity index (χ0) is 21.7. The van der Waals surface area contributed by atoms with Crippen LogP contribution in [0.5, 0.6) is 11.5 Å². The number of amides is 1. The normalized spacial score (nSPS) is 17.6. The van der Waals surface area contributed by atoms with E-state index < -0.39 is 0 Å². The van der Waals surface area contributed by atoms with Gasteiger partial charge in [-0.25, -0.2) is 4.99 Å². The van der Waals surface area contributed by atoms with Crippen LogP contribution in [-0.2, 0) is 4.79 Å². The zero-order valence-electron chi connectivity index (χ0n) is 17.5. The molecule has 0 saturated carbocycles. The van der Waals surface area contributed by atoms with Crippen LogP contribution in [0.2, 0.25) is 0 Å². The molecular formula is C23H25BrN2O3S. The number of ether oxygens (including phenoxy) is 2. The van der Waals surface area contributed by atoms with Crippen molar-refractivity contribution in [1.82, 2.24) is 4.90 Å².